The Kier molecular flexibility index (Phi) is 7.31. The van der Waals surface area contributed by atoms with Crippen molar-refractivity contribution in [1.82, 2.24) is 24.8 Å². The number of amides is 1. The van der Waals surface area contributed by atoms with E-state index in [1.54, 1.807) is 22.2 Å². The number of fused-ring (bicyclic) bond motifs is 2. The second kappa shape index (κ2) is 10.5. The molecule has 2 fully saturated rings. The summed E-state index contributed by atoms with van der Waals surface area (Å²) in [5, 5.41) is 5.64. The van der Waals surface area contributed by atoms with E-state index in [9.17, 15) is 9.59 Å². The normalized spacial score (nSPS) is 24.1. The molecule has 13 nitrogen and oxygen atoms in total. The highest BCUT2D eigenvalue weighted by atomic mass is 79.9. The first kappa shape index (κ1) is 25.8. The molecule has 4 atom stereocenters. The fraction of sp³-hybridized carbons (Fsp3) is 0.500. The van der Waals surface area contributed by atoms with E-state index in [4.69, 9.17) is 18.9 Å². The molecule has 5 heterocycles. The highest BCUT2D eigenvalue weighted by Crippen LogP contribution is 2.44. The van der Waals surface area contributed by atoms with Crippen molar-refractivity contribution in [1.29, 1.82) is 0 Å². The van der Waals surface area contributed by atoms with E-state index in [0.717, 1.165) is 8.66 Å². The molecule has 5 rings (SSSR count). The second-order valence-corrected chi connectivity index (χ2v) is 11.3. The van der Waals surface area contributed by atoms with Crippen LogP contribution >= 0.6 is 27.3 Å². The van der Waals surface area contributed by atoms with E-state index in [2.05, 4.69) is 46.3 Å². The van der Waals surface area contributed by atoms with Gasteiger partial charge in [0.05, 0.1) is 23.8 Å². The van der Waals surface area contributed by atoms with Crippen molar-refractivity contribution in [2.45, 2.75) is 50.7 Å². The van der Waals surface area contributed by atoms with Crippen LogP contribution < -0.4 is 10.6 Å². The summed E-state index contributed by atoms with van der Waals surface area (Å²) in [7, 11) is 1.23. The van der Waals surface area contributed by atoms with Crippen molar-refractivity contribution in [3.63, 3.8) is 0 Å². The zero-order valence-electron chi connectivity index (χ0n) is 20.2. The molecule has 198 valence electrons. The summed E-state index contributed by atoms with van der Waals surface area (Å²) in [4.78, 5) is 37.7. The molecule has 15 heteroatoms. The number of hydrogen-bond donors (Lipinski definition) is 2. The van der Waals surface area contributed by atoms with Crippen molar-refractivity contribution >= 4 is 56.3 Å². The van der Waals surface area contributed by atoms with Gasteiger partial charge in [-0.3, -0.25) is 9.36 Å². The number of carbonyl (C=O) groups is 2. The fourth-order valence-electron chi connectivity index (χ4n) is 4.23. The molecule has 0 aromatic carbocycles. The summed E-state index contributed by atoms with van der Waals surface area (Å²) in [5.74, 6) is -0.862. The van der Waals surface area contributed by atoms with E-state index in [1.165, 1.54) is 13.4 Å². The summed E-state index contributed by atoms with van der Waals surface area (Å²) < 4.78 is 31.0. The van der Waals surface area contributed by atoms with Crippen LogP contribution in [0.1, 0.15) is 25.0 Å². The van der Waals surface area contributed by atoms with Gasteiger partial charge in [-0.25, -0.2) is 19.7 Å². The van der Waals surface area contributed by atoms with Gasteiger partial charge in [0.15, 0.2) is 29.0 Å². The maximum atomic E-state index is 12.0. The summed E-state index contributed by atoms with van der Waals surface area (Å²) in [5.41, 5.74) is 1.14. The van der Waals surface area contributed by atoms with Crippen LogP contribution in [0.2, 0.25) is 0 Å². The highest BCUT2D eigenvalue weighted by Gasteiger charge is 2.56. The minimum Gasteiger partial charge on any atom is -0.468 e. The molecule has 3 aromatic rings. The first-order chi connectivity index (χ1) is 17.7. The molecular weight excluding hydrogens is 572 g/mol. The van der Waals surface area contributed by atoms with Gasteiger partial charge in [-0.15, -0.1) is 11.3 Å². The first-order valence-corrected chi connectivity index (χ1v) is 13.0. The van der Waals surface area contributed by atoms with Gasteiger partial charge in [0.1, 0.15) is 37.8 Å². The zero-order chi connectivity index (χ0) is 26.2. The smallest absolute Gasteiger partial charge is 0.407 e. The van der Waals surface area contributed by atoms with Crippen LogP contribution in [0, 0.1) is 0 Å². The maximum absolute atomic E-state index is 12.0. The number of thiophene rings is 1. The molecule has 37 heavy (non-hydrogen) atoms. The predicted octanol–water partition coefficient (Wildman–Crippen LogP) is 2.58. The number of ether oxygens (including phenoxy) is 5. The number of imidazole rings is 1. The van der Waals surface area contributed by atoms with Crippen LogP contribution in [-0.2, 0) is 35.0 Å². The molecular formula is C22H25BrN6O7S. The number of methoxy groups -OCH3 is 1. The second-order valence-electron chi connectivity index (χ2n) is 8.76. The number of nitrogens with zero attached hydrogens (tertiary/aromatic N) is 4. The lowest BCUT2D eigenvalue weighted by atomic mass is 10.1. The Morgan fingerprint density at radius 1 is 1.22 bits per heavy atom. The molecule has 0 aliphatic carbocycles. The van der Waals surface area contributed by atoms with Gasteiger partial charge >= 0.3 is 12.1 Å². The van der Waals surface area contributed by atoms with Crippen LogP contribution in [0.15, 0.2) is 28.6 Å². The largest absolute Gasteiger partial charge is 0.468 e. The van der Waals surface area contributed by atoms with Crippen LogP contribution in [0.3, 0.4) is 0 Å². The number of aromatic nitrogens is 4. The summed E-state index contributed by atoms with van der Waals surface area (Å²) in [6.45, 7) is 3.78. The van der Waals surface area contributed by atoms with Gasteiger partial charge in [0.2, 0.25) is 0 Å². The molecule has 2 N–H and O–H groups in total. The number of nitrogens with one attached hydrogen (secondary N) is 2. The Bertz CT molecular complexity index is 1300. The molecule has 0 bridgehead atoms. The molecule has 0 saturated carbocycles. The van der Waals surface area contributed by atoms with Crippen molar-refractivity contribution in [3.05, 3.63) is 33.5 Å². The number of esters is 1. The lowest BCUT2D eigenvalue weighted by molar-refractivity contribution is -0.199. The molecule has 1 amide bonds. The SMILES string of the molecule is COC(=O)CNC(=O)OC[C@H]1O[C@@H](n2cnc3c(NCc4ccc(Br)s4)ncnc32)[C@H]2OC(C)(C)OC12. The van der Waals surface area contributed by atoms with Crippen LogP contribution in [0.4, 0.5) is 10.6 Å². The first-order valence-electron chi connectivity index (χ1n) is 11.4. The average Bonchev–Trinajstić information content (AvgIpc) is 3.63. The van der Waals surface area contributed by atoms with Crippen molar-refractivity contribution in [2.75, 3.05) is 25.6 Å². The van der Waals surface area contributed by atoms with Crippen molar-refractivity contribution in [2.24, 2.45) is 0 Å². The van der Waals surface area contributed by atoms with Crippen molar-refractivity contribution in [3.8, 4) is 0 Å². The minimum absolute atomic E-state index is 0.116. The van der Waals surface area contributed by atoms with Crippen LogP contribution in [0.25, 0.3) is 11.2 Å². The number of carbonyl (C=O) groups excluding carboxylic acids is 2. The lowest BCUT2D eigenvalue weighted by Crippen LogP contribution is -2.37. The van der Waals surface area contributed by atoms with Gasteiger partial charge in [-0.05, 0) is 41.9 Å². The van der Waals surface area contributed by atoms with Gasteiger partial charge in [0, 0.05) is 4.88 Å². The predicted molar refractivity (Wildman–Crippen MR) is 134 cm³/mol. The topological polar surface area (TPSA) is 148 Å². The third kappa shape index (κ3) is 5.55. The van der Waals surface area contributed by atoms with E-state index in [1.807, 2.05) is 26.0 Å². The maximum Gasteiger partial charge on any atom is 0.407 e. The Hall–Kier alpha value is -2.85. The average molecular weight is 597 g/mol. The standard InChI is InChI=1S/C22H25BrN6O7S/c1-22(2)35-16-12(8-33-21(31)25-7-14(30)32-3)34-20(17(16)36-22)29-10-28-15-18(26-9-27-19(15)29)24-6-11-4-5-13(23)37-11/h4-5,9-10,12,16-17,20H,6-8H2,1-3H3,(H,25,31)(H,24,26,27)/t12-,16?,17+,20-/m1/s1. The van der Waals surface area contributed by atoms with E-state index in [-0.39, 0.29) is 13.2 Å². The van der Waals surface area contributed by atoms with E-state index < -0.39 is 42.4 Å². The van der Waals surface area contributed by atoms with Gasteiger partial charge in [0.25, 0.3) is 0 Å². The van der Waals surface area contributed by atoms with Crippen LogP contribution in [0.5, 0.6) is 0 Å². The highest BCUT2D eigenvalue weighted by molar-refractivity contribution is 9.11. The van der Waals surface area contributed by atoms with Gasteiger partial charge < -0.3 is 34.3 Å². The molecule has 3 aromatic heterocycles. The molecule has 1 unspecified atom stereocenters. The molecule has 0 radical (unpaired) electrons. The number of alkyl carbamates (subject to hydrolysis) is 1. The molecule has 0 spiro atoms. The monoisotopic (exact) mass is 596 g/mol. The Balaban J connectivity index is 1.32. The summed E-state index contributed by atoms with van der Waals surface area (Å²) >= 11 is 5.11. The Morgan fingerprint density at radius 3 is 2.78 bits per heavy atom. The molecule has 2 aliphatic rings. The molecule has 2 aliphatic heterocycles. The number of anilines is 1. The molecule has 2 saturated heterocycles. The van der Waals surface area contributed by atoms with Gasteiger partial charge in [-0.2, -0.15) is 0 Å². The quantitative estimate of drug-likeness (QED) is 0.369. The number of rotatable bonds is 8. The van der Waals surface area contributed by atoms with Gasteiger partial charge in [-0.1, -0.05) is 0 Å². The lowest BCUT2D eigenvalue weighted by Gasteiger charge is -2.24. The fourth-order valence-corrected chi connectivity index (χ4v) is 5.65. The van der Waals surface area contributed by atoms with Crippen LogP contribution in [-0.4, -0.2) is 75.9 Å². The third-order valence-corrected chi connectivity index (χ3v) is 7.42. The third-order valence-electron chi connectivity index (χ3n) is 5.80. The van der Waals surface area contributed by atoms with Crippen molar-refractivity contribution < 1.29 is 33.3 Å². The Morgan fingerprint density at radius 2 is 2.03 bits per heavy atom. The Labute approximate surface area is 223 Å². The number of halogens is 1. The van der Waals surface area contributed by atoms with E-state index in [0.29, 0.717) is 23.5 Å². The minimum atomic E-state index is -0.865. The number of hydrogen-bond acceptors (Lipinski definition) is 12. The summed E-state index contributed by atoms with van der Waals surface area (Å²) in [6, 6.07) is 4.02. The summed E-state index contributed by atoms with van der Waals surface area (Å²) in [6.07, 6.45) is 0.0175. The van der Waals surface area contributed by atoms with E-state index >= 15 is 0 Å². The zero-order valence-corrected chi connectivity index (χ0v) is 22.6.